The van der Waals surface area contributed by atoms with Crippen LogP contribution in [0.4, 0.5) is 0 Å². The molecule has 0 radical (unpaired) electrons. The summed E-state index contributed by atoms with van der Waals surface area (Å²) in [7, 11) is 0. The average Bonchev–Trinajstić information content (AvgIpc) is 3.68. The average molecular weight is 527 g/mol. The highest BCUT2D eigenvalue weighted by molar-refractivity contribution is 5.82. The van der Waals surface area contributed by atoms with E-state index in [0.29, 0.717) is 18.7 Å². The van der Waals surface area contributed by atoms with Gasteiger partial charge in [-0.15, -0.1) is 0 Å². The van der Waals surface area contributed by atoms with Crippen LogP contribution in [0.3, 0.4) is 0 Å². The second kappa shape index (κ2) is 8.34. The molecule has 2 aliphatic heterocycles. The molecule has 2 heterocycles. The third-order valence-corrected chi connectivity index (χ3v) is 11.1. The van der Waals surface area contributed by atoms with E-state index in [-0.39, 0.29) is 23.1 Å². The van der Waals surface area contributed by atoms with Crippen molar-refractivity contribution < 1.29 is 19.7 Å². The lowest BCUT2D eigenvalue weighted by molar-refractivity contribution is -0.206. The van der Waals surface area contributed by atoms with Crippen molar-refractivity contribution in [1.82, 2.24) is 10.2 Å². The van der Waals surface area contributed by atoms with Crippen LogP contribution in [-0.4, -0.2) is 58.4 Å². The van der Waals surface area contributed by atoms with Crippen LogP contribution in [0, 0.1) is 17.3 Å². The van der Waals surface area contributed by atoms with Crippen LogP contribution in [0.15, 0.2) is 54.6 Å². The third kappa shape index (κ3) is 3.19. The lowest BCUT2D eigenvalue weighted by Crippen LogP contribution is -2.80. The normalized spacial score (nSPS) is 36.9. The summed E-state index contributed by atoms with van der Waals surface area (Å²) in [5.41, 5.74) is 1.56. The van der Waals surface area contributed by atoms with Gasteiger partial charge in [-0.2, -0.15) is 0 Å². The Kier molecular flexibility index (Phi) is 5.13. The second-order valence-electron chi connectivity index (χ2n) is 13.1. The zero-order chi connectivity index (χ0) is 26.4. The lowest BCUT2D eigenvalue weighted by atomic mass is 9.37. The SMILES string of the molecule is O=C(NCCCCc1ccccc1)[C@H]1C[C@@]23C=CC1(O)[C@@H]1Oc4c(O)ccc5c4[C@@]12CCN(CC1CC1)[C@@H]3C5. The number of amides is 1. The number of aryl methyl sites for hydroxylation is 1. The van der Waals surface area contributed by atoms with Gasteiger partial charge < -0.3 is 20.3 Å². The number of rotatable bonds is 8. The highest BCUT2D eigenvalue weighted by Crippen LogP contribution is 2.74. The van der Waals surface area contributed by atoms with Crippen molar-refractivity contribution in [3.63, 3.8) is 0 Å². The Hall–Kier alpha value is -2.83. The largest absolute Gasteiger partial charge is 0.504 e. The number of piperidine rings is 1. The molecule has 39 heavy (non-hydrogen) atoms. The maximum atomic E-state index is 13.8. The molecule has 6 nitrogen and oxygen atoms in total. The summed E-state index contributed by atoms with van der Waals surface area (Å²) in [6.45, 7) is 2.69. The lowest BCUT2D eigenvalue weighted by Gasteiger charge is -2.70. The molecule has 4 bridgehead atoms. The van der Waals surface area contributed by atoms with Crippen molar-refractivity contribution in [2.75, 3.05) is 19.6 Å². The van der Waals surface area contributed by atoms with Crippen LogP contribution in [-0.2, 0) is 23.1 Å². The van der Waals surface area contributed by atoms with E-state index in [4.69, 9.17) is 4.74 Å². The van der Waals surface area contributed by atoms with Gasteiger partial charge in [0.05, 0.1) is 11.3 Å². The predicted molar refractivity (Wildman–Crippen MR) is 148 cm³/mol. The Morgan fingerprint density at radius 2 is 1.95 bits per heavy atom. The van der Waals surface area contributed by atoms with Gasteiger partial charge in [0, 0.05) is 30.1 Å². The van der Waals surface area contributed by atoms with Gasteiger partial charge >= 0.3 is 0 Å². The van der Waals surface area contributed by atoms with Crippen molar-refractivity contribution in [2.45, 2.75) is 74.5 Å². The zero-order valence-corrected chi connectivity index (χ0v) is 22.4. The smallest absolute Gasteiger partial charge is 0.226 e. The standard InChI is InChI=1S/C33H38N2O4/c36-25-12-11-23-18-26-31-13-14-33(38,24(19-31)29(37)34-16-5-4-8-21-6-2-1-3-7-21)30-32(31,27(23)28(25)39-30)15-17-35(26)20-22-9-10-22/h1-3,6-7,11-14,22,24,26,30,36,38H,4-5,8-10,15-20H2,(H,34,37)/t24-,26-,30-,31-,32+,33?/m1/s1. The first-order chi connectivity index (χ1) is 19.0. The van der Waals surface area contributed by atoms with Crippen molar-refractivity contribution in [2.24, 2.45) is 17.3 Å². The summed E-state index contributed by atoms with van der Waals surface area (Å²) in [6.07, 6.45) is 11.5. The molecule has 2 spiro atoms. The van der Waals surface area contributed by atoms with Crippen LogP contribution in [0.1, 0.15) is 55.2 Å². The number of aromatic hydroxyl groups is 1. The zero-order valence-electron chi connectivity index (χ0n) is 22.4. The minimum Gasteiger partial charge on any atom is -0.504 e. The number of aliphatic hydroxyl groups is 1. The number of likely N-dealkylation sites (tertiary alicyclic amines) is 1. The number of ether oxygens (including phenoxy) is 1. The Morgan fingerprint density at radius 3 is 2.77 bits per heavy atom. The molecule has 1 saturated heterocycles. The van der Waals surface area contributed by atoms with Crippen LogP contribution < -0.4 is 10.1 Å². The maximum Gasteiger partial charge on any atom is 0.226 e. The predicted octanol–water partition coefficient (Wildman–Crippen LogP) is 3.88. The number of carbonyl (C=O) groups excluding carboxylic acids is 1. The third-order valence-electron chi connectivity index (χ3n) is 11.1. The van der Waals surface area contributed by atoms with Crippen LogP contribution in [0.2, 0.25) is 0 Å². The summed E-state index contributed by atoms with van der Waals surface area (Å²) in [6, 6.07) is 14.5. The number of hydrogen-bond donors (Lipinski definition) is 3. The number of phenolic OH excluding ortho intramolecular Hbond substituents is 1. The van der Waals surface area contributed by atoms with E-state index < -0.39 is 23.0 Å². The Labute approximate surface area is 230 Å². The van der Waals surface area contributed by atoms with E-state index >= 15 is 0 Å². The quantitative estimate of drug-likeness (QED) is 0.359. The minimum absolute atomic E-state index is 0.0721. The fourth-order valence-electron chi connectivity index (χ4n) is 9.22. The number of hydrogen-bond acceptors (Lipinski definition) is 5. The molecular weight excluding hydrogens is 488 g/mol. The van der Waals surface area contributed by atoms with Crippen molar-refractivity contribution in [1.29, 1.82) is 0 Å². The summed E-state index contributed by atoms with van der Waals surface area (Å²) in [4.78, 5) is 16.5. The number of unbranched alkanes of at least 4 members (excludes halogenated alkanes) is 1. The molecule has 6 heteroatoms. The fourth-order valence-corrected chi connectivity index (χ4v) is 9.22. The van der Waals surface area contributed by atoms with Gasteiger partial charge in [-0.25, -0.2) is 0 Å². The topological polar surface area (TPSA) is 82.0 Å². The number of carbonyl (C=O) groups is 1. The number of fused-ring (bicyclic) bond motifs is 1. The van der Waals surface area contributed by atoms with Crippen LogP contribution >= 0.6 is 0 Å². The molecule has 2 saturated carbocycles. The number of phenols is 1. The Balaban J connectivity index is 1.09. The molecule has 3 N–H and O–H groups in total. The molecule has 2 aromatic rings. The molecule has 204 valence electrons. The summed E-state index contributed by atoms with van der Waals surface area (Å²) < 4.78 is 6.59. The molecule has 9 rings (SSSR count). The number of nitrogens with zero attached hydrogens (tertiary/aromatic N) is 1. The molecule has 1 unspecified atom stereocenters. The molecule has 0 aromatic heterocycles. The first kappa shape index (κ1) is 24.0. The second-order valence-corrected chi connectivity index (χ2v) is 13.1. The van der Waals surface area contributed by atoms with Crippen molar-refractivity contribution in [3.8, 4) is 11.5 Å². The summed E-state index contributed by atoms with van der Waals surface area (Å²) in [5.74, 6) is 0.827. The van der Waals surface area contributed by atoms with E-state index in [2.05, 4.69) is 46.6 Å². The fraction of sp³-hybridized carbons (Fsp3) is 0.545. The maximum absolute atomic E-state index is 13.8. The van der Waals surface area contributed by atoms with Crippen LogP contribution in [0.25, 0.3) is 0 Å². The van der Waals surface area contributed by atoms with E-state index in [0.717, 1.165) is 56.7 Å². The number of benzene rings is 2. The summed E-state index contributed by atoms with van der Waals surface area (Å²) >= 11 is 0. The van der Waals surface area contributed by atoms with Gasteiger partial charge in [-0.3, -0.25) is 9.69 Å². The van der Waals surface area contributed by atoms with Crippen molar-refractivity contribution in [3.05, 3.63) is 71.3 Å². The molecule has 2 aromatic carbocycles. The first-order valence-electron chi connectivity index (χ1n) is 15.0. The Morgan fingerprint density at radius 1 is 1.10 bits per heavy atom. The summed E-state index contributed by atoms with van der Waals surface area (Å²) in [5, 5.41) is 26.4. The molecule has 5 aliphatic carbocycles. The van der Waals surface area contributed by atoms with E-state index in [1.54, 1.807) is 6.07 Å². The number of nitrogens with one attached hydrogen (secondary N) is 1. The van der Waals surface area contributed by atoms with Gasteiger partial charge in [-0.05, 0) is 81.0 Å². The molecule has 7 aliphatic rings. The molecule has 6 atom stereocenters. The highest BCUT2D eigenvalue weighted by atomic mass is 16.5. The molecule has 3 fully saturated rings. The molecule has 1 amide bonds. The molecular formula is C33H38N2O4. The van der Waals surface area contributed by atoms with Gasteiger partial charge in [0.2, 0.25) is 5.91 Å². The Bertz CT molecular complexity index is 1350. The van der Waals surface area contributed by atoms with Crippen molar-refractivity contribution >= 4 is 5.91 Å². The van der Waals surface area contributed by atoms with Gasteiger partial charge in [0.15, 0.2) is 11.5 Å². The highest BCUT2D eigenvalue weighted by Gasteiger charge is 2.79. The monoisotopic (exact) mass is 526 g/mol. The first-order valence-corrected chi connectivity index (χ1v) is 15.0. The van der Waals surface area contributed by atoms with E-state index in [9.17, 15) is 15.0 Å². The van der Waals surface area contributed by atoms with E-state index in [1.807, 2.05) is 12.1 Å². The van der Waals surface area contributed by atoms with Gasteiger partial charge in [0.25, 0.3) is 0 Å². The van der Waals surface area contributed by atoms with Crippen LogP contribution in [0.5, 0.6) is 11.5 Å². The minimum atomic E-state index is -1.40. The van der Waals surface area contributed by atoms with Gasteiger partial charge in [-0.1, -0.05) is 48.6 Å². The van der Waals surface area contributed by atoms with Gasteiger partial charge in [0.1, 0.15) is 11.7 Å². The van der Waals surface area contributed by atoms with E-state index in [1.165, 1.54) is 24.0 Å².